The lowest BCUT2D eigenvalue weighted by Gasteiger charge is -2.16. The van der Waals surface area contributed by atoms with Crippen molar-refractivity contribution >= 4 is 21.6 Å². The fourth-order valence-corrected chi connectivity index (χ4v) is 3.34. The number of amides is 1. The van der Waals surface area contributed by atoms with E-state index in [-0.39, 0.29) is 24.0 Å². The van der Waals surface area contributed by atoms with E-state index < -0.39 is 10.0 Å². The second-order valence-electron chi connectivity index (χ2n) is 5.23. The van der Waals surface area contributed by atoms with Crippen LogP contribution in [0.2, 0.25) is 0 Å². The number of likely N-dealkylation sites (tertiary alicyclic amines) is 1. The Labute approximate surface area is 118 Å². The lowest BCUT2D eigenvalue weighted by molar-refractivity contribution is -0.127. The predicted molar refractivity (Wildman–Crippen MR) is 77.2 cm³/mol. The Morgan fingerprint density at radius 3 is 2.50 bits per heavy atom. The monoisotopic (exact) mass is 297 g/mol. The minimum atomic E-state index is -3.52. The molecule has 1 aliphatic rings. The molecule has 0 saturated carbocycles. The number of anilines is 1. The van der Waals surface area contributed by atoms with Crippen molar-refractivity contribution in [1.82, 2.24) is 4.90 Å². The Morgan fingerprint density at radius 2 is 1.90 bits per heavy atom. The Balaban J connectivity index is 1.87. The minimum Gasteiger partial charge on any atom is -0.399 e. The van der Waals surface area contributed by atoms with Gasteiger partial charge in [-0.05, 0) is 24.1 Å². The molecular formula is C13H19N3O3S. The summed E-state index contributed by atoms with van der Waals surface area (Å²) >= 11 is 0. The van der Waals surface area contributed by atoms with Gasteiger partial charge in [-0.3, -0.25) is 4.79 Å². The maximum absolute atomic E-state index is 11.8. The molecule has 7 heteroatoms. The van der Waals surface area contributed by atoms with Crippen molar-refractivity contribution in [3.8, 4) is 0 Å². The van der Waals surface area contributed by atoms with Crippen LogP contribution in [0.15, 0.2) is 24.3 Å². The number of hydrogen-bond acceptors (Lipinski definition) is 4. The highest BCUT2D eigenvalue weighted by molar-refractivity contribution is 7.89. The van der Waals surface area contributed by atoms with Crippen molar-refractivity contribution < 1.29 is 13.2 Å². The van der Waals surface area contributed by atoms with Gasteiger partial charge < -0.3 is 10.6 Å². The van der Waals surface area contributed by atoms with Gasteiger partial charge in [0.1, 0.15) is 0 Å². The van der Waals surface area contributed by atoms with Crippen molar-refractivity contribution in [2.24, 2.45) is 11.1 Å². The van der Waals surface area contributed by atoms with Gasteiger partial charge in [-0.15, -0.1) is 0 Å². The van der Waals surface area contributed by atoms with Crippen LogP contribution in [0.4, 0.5) is 5.69 Å². The summed E-state index contributed by atoms with van der Waals surface area (Å²) in [6, 6.07) is 7.51. The first-order valence-corrected chi connectivity index (χ1v) is 8.18. The van der Waals surface area contributed by atoms with E-state index in [0.717, 1.165) is 12.0 Å². The highest BCUT2D eigenvalue weighted by Crippen LogP contribution is 2.19. The molecule has 1 aromatic carbocycles. The zero-order valence-electron chi connectivity index (χ0n) is 11.2. The number of carbonyl (C=O) groups excluding carboxylic acids is 1. The van der Waals surface area contributed by atoms with Crippen LogP contribution < -0.4 is 10.9 Å². The number of nitrogens with two attached hydrogens (primary N) is 2. The van der Waals surface area contributed by atoms with Gasteiger partial charge in [0.15, 0.2) is 0 Å². The Morgan fingerprint density at radius 1 is 1.25 bits per heavy atom. The number of benzene rings is 1. The molecule has 1 aliphatic heterocycles. The predicted octanol–water partition coefficient (Wildman–Crippen LogP) is -0.0517. The molecule has 0 radical (unpaired) electrons. The Bertz CT molecular complexity index is 583. The molecule has 6 nitrogen and oxygen atoms in total. The van der Waals surface area contributed by atoms with E-state index in [1.807, 2.05) is 24.3 Å². The number of nitrogen functional groups attached to an aromatic ring is 1. The third-order valence-corrected chi connectivity index (χ3v) is 4.35. The third-order valence-electron chi connectivity index (χ3n) is 3.41. The molecule has 0 spiro atoms. The largest absolute Gasteiger partial charge is 0.399 e. The van der Waals surface area contributed by atoms with Gasteiger partial charge in [0.05, 0.1) is 5.75 Å². The quantitative estimate of drug-likeness (QED) is 0.743. The standard InChI is InChI=1S/C13H19N3O3S/c14-12-3-1-10(2-4-12)5-6-16-8-11(7-13(16)17)9-20(15,18)19/h1-4,11H,5-9,14H2,(H2,15,18,19). The van der Waals surface area contributed by atoms with Crippen LogP contribution in [0, 0.1) is 5.92 Å². The first kappa shape index (κ1) is 14.8. The number of hydrogen-bond donors (Lipinski definition) is 2. The zero-order chi connectivity index (χ0) is 14.8. The van der Waals surface area contributed by atoms with Gasteiger partial charge in [-0.1, -0.05) is 12.1 Å². The summed E-state index contributed by atoms with van der Waals surface area (Å²) in [7, 11) is -3.52. The zero-order valence-corrected chi connectivity index (χ0v) is 12.0. The summed E-state index contributed by atoms with van der Waals surface area (Å²) in [6.45, 7) is 1.05. The van der Waals surface area contributed by atoms with Crippen molar-refractivity contribution in [2.45, 2.75) is 12.8 Å². The van der Waals surface area contributed by atoms with E-state index in [0.29, 0.717) is 18.8 Å². The van der Waals surface area contributed by atoms with E-state index in [1.165, 1.54) is 0 Å². The smallest absolute Gasteiger partial charge is 0.222 e. The molecule has 1 fully saturated rings. The average Bonchev–Trinajstić information content (AvgIpc) is 2.66. The summed E-state index contributed by atoms with van der Waals surface area (Å²) in [5.74, 6) is -0.324. The summed E-state index contributed by atoms with van der Waals surface area (Å²) in [6.07, 6.45) is 0.992. The lowest BCUT2D eigenvalue weighted by atomic mass is 10.1. The summed E-state index contributed by atoms with van der Waals surface area (Å²) < 4.78 is 22.1. The summed E-state index contributed by atoms with van der Waals surface area (Å²) in [5.41, 5.74) is 7.42. The maximum Gasteiger partial charge on any atom is 0.222 e. The third kappa shape index (κ3) is 4.21. The Hall–Kier alpha value is -1.60. The summed E-state index contributed by atoms with van der Waals surface area (Å²) in [4.78, 5) is 13.5. The van der Waals surface area contributed by atoms with E-state index in [9.17, 15) is 13.2 Å². The van der Waals surface area contributed by atoms with Crippen molar-refractivity contribution in [1.29, 1.82) is 0 Å². The number of carbonyl (C=O) groups is 1. The Kier molecular flexibility index (Phi) is 4.29. The molecule has 1 unspecified atom stereocenters. The van der Waals surface area contributed by atoms with Crippen molar-refractivity contribution in [3.05, 3.63) is 29.8 Å². The molecule has 20 heavy (non-hydrogen) atoms. The highest BCUT2D eigenvalue weighted by Gasteiger charge is 2.31. The molecule has 4 N–H and O–H groups in total. The minimum absolute atomic E-state index is 0.00547. The molecule has 0 aromatic heterocycles. The van der Waals surface area contributed by atoms with Gasteiger partial charge in [0.25, 0.3) is 0 Å². The van der Waals surface area contributed by atoms with E-state index in [4.69, 9.17) is 10.9 Å². The first-order valence-electron chi connectivity index (χ1n) is 6.46. The van der Waals surface area contributed by atoms with Gasteiger partial charge in [0, 0.05) is 31.1 Å². The molecule has 1 amide bonds. The average molecular weight is 297 g/mol. The maximum atomic E-state index is 11.8. The van der Waals surface area contributed by atoms with E-state index >= 15 is 0 Å². The fraction of sp³-hybridized carbons (Fsp3) is 0.462. The normalized spacial score (nSPS) is 19.6. The van der Waals surface area contributed by atoms with Gasteiger partial charge in [-0.25, -0.2) is 13.6 Å². The van der Waals surface area contributed by atoms with E-state index in [2.05, 4.69) is 0 Å². The number of rotatable bonds is 5. The van der Waals surface area contributed by atoms with Crippen LogP contribution >= 0.6 is 0 Å². The first-order chi connectivity index (χ1) is 9.33. The van der Waals surface area contributed by atoms with E-state index in [1.54, 1.807) is 4.90 Å². The molecule has 1 aromatic rings. The van der Waals surface area contributed by atoms with Crippen LogP contribution in [0.5, 0.6) is 0 Å². The van der Waals surface area contributed by atoms with Crippen molar-refractivity contribution in [3.63, 3.8) is 0 Å². The highest BCUT2D eigenvalue weighted by atomic mass is 32.2. The fourth-order valence-electron chi connectivity index (χ4n) is 2.46. The van der Waals surface area contributed by atoms with Gasteiger partial charge >= 0.3 is 0 Å². The second-order valence-corrected chi connectivity index (χ2v) is 6.89. The molecule has 0 bridgehead atoms. The number of sulfonamides is 1. The molecule has 0 aliphatic carbocycles. The van der Waals surface area contributed by atoms with Crippen molar-refractivity contribution in [2.75, 3.05) is 24.6 Å². The van der Waals surface area contributed by atoms with Crippen LogP contribution in [0.25, 0.3) is 0 Å². The number of primary sulfonamides is 1. The van der Waals surface area contributed by atoms with Crippen LogP contribution in [0.3, 0.4) is 0 Å². The van der Waals surface area contributed by atoms with Crippen LogP contribution in [-0.2, 0) is 21.2 Å². The topological polar surface area (TPSA) is 106 Å². The molecule has 110 valence electrons. The molecule has 1 heterocycles. The van der Waals surface area contributed by atoms with Gasteiger partial charge in [0.2, 0.25) is 15.9 Å². The lowest BCUT2D eigenvalue weighted by Crippen LogP contribution is -2.29. The number of nitrogens with zero attached hydrogens (tertiary/aromatic N) is 1. The van der Waals surface area contributed by atoms with Crippen LogP contribution in [0.1, 0.15) is 12.0 Å². The molecule has 1 saturated heterocycles. The SMILES string of the molecule is Nc1ccc(CCN2CC(CS(N)(=O)=O)CC2=O)cc1. The second kappa shape index (κ2) is 5.80. The molecular weight excluding hydrogens is 278 g/mol. The summed E-state index contributed by atoms with van der Waals surface area (Å²) in [5, 5.41) is 5.02. The van der Waals surface area contributed by atoms with Gasteiger partial charge in [-0.2, -0.15) is 0 Å². The molecule has 2 rings (SSSR count). The molecule has 1 atom stereocenters. The van der Waals surface area contributed by atoms with Crippen LogP contribution in [-0.4, -0.2) is 38.1 Å².